The smallest absolute Gasteiger partial charge is 0.379 e. The van der Waals surface area contributed by atoms with E-state index in [1.54, 1.807) is 36.4 Å². The standard InChI is InChI=1S/C31H50O13/c1-2-8-34-9-10-35-11-12-36-13-14-37-15-16-38-17-18-39-19-20-40-21-22-41-23-24-42-25-26-43-27-28-44-31(33)30(32)29-6-4-3-5-7-29/h2-7H,1,8-28H2. The van der Waals surface area contributed by atoms with Crippen molar-refractivity contribution in [1.29, 1.82) is 0 Å². The monoisotopic (exact) mass is 630 g/mol. The summed E-state index contributed by atoms with van der Waals surface area (Å²) in [6.45, 7) is 12.9. The Balaban J connectivity index is 1.67. The van der Waals surface area contributed by atoms with Crippen LogP contribution in [0, 0.1) is 0 Å². The lowest BCUT2D eigenvalue weighted by Crippen LogP contribution is -2.20. The van der Waals surface area contributed by atoms with Crippen molar-refractivity contribution >= 4 is 11.8 Å². The normalized spacial score (nSPS) is 11.1. The zero-order chi connectivity index (χ0) is 31.6. The van der Waals surface area contributed by atoms with E-state index in [-0.39, 0.29) is 13.2 Å². The van der Waals surface area contributed by atoms with Crippen LogP contribution in [0.15, 0.2) is 43.0 Å². The van der Waals surface area contributed by atoms with E-state index < -0.39 is 11.8 Å². The molecule has 0 saturated carbocycles. The van der Waals surface area contributed by atoms with Gasteiger partial charge in [-0.3, -0.25) is 4.79 Å². The molecule has 0 fully saturated rings. The first kappa shape index (κ1) is 39.7. The molecule has 0 amide bonds. The third kappa shape index (κ3) is 26.1. The van der Waals surface area contributed by atoms with Crippen molar-refractivity contribution in [2.24, 2.45) is 0 Å². The molecule has 1 aromatic rings. The molecule has 252 valence electrons. The number of rotatable bonds is 34. The van der Waals surface area contributed by atoms with E-state index >= 15 is 0 Å². The summed E-state index contributed by atoms with van der Waals surface area (Å²) in [5, 5.41) is 0. The minimum Gasteiger partial charge on any atom is -0.457 e. The van der Waals surface area contributed by atoms with Gasteiger partial charge in [0.2, 0.25) is 0 Å². The highest BCUT2D eigenvalue weighted by molar-refractivity contribution is 6.40. The number of carbonyl (C=O) groups excluding carboxylic acids is 2. The first-order valence-corrected chi connectivity index (χ1v) is 14.9. The number of hydrogen-bond donors (Lipinski definition) is 0. The molecule has 13 heteroatoms. The SMILES string of the molecule is C=CCOCCOCCOCCOCCOCCOCCOCCOCCOCCOCCOC(=O)C(=O)c1ccccc1. The second-order valence-corrected chi connectivity index (χ2v) is 8.71. The van der Waals surface area contributed by atoms with Crippen LogP contribution in [0.5, 0.6) is 0 Å². The summed E-state index contributed by atoms with van der Waals surface area (Å²) >= 11 is 0. The fourth-order valence-corrected chi connectivity index (χ4v) is 3.11. The van der Waals surface area contributed by atoms with Crippen molar-refractivity contribution < 1.29 is 61.7 Å². The molecule has 0 saturated heterocycles. The predicted molar refractivity (Wildman–Crippen MR) is 160 cm³/mol. The first-order chi connectivity index (χ1) is 21.8. The van der Waals surface area contributed by atoms with Gasteiger partial charge in [-0.25, -0.2) is 4.79 Å². The number of Topliss-reactive ketones (excluding diaryl/α,β-unsaturated/α-hetero) is 1. The molecule has 1 aromatic carbocycles. The van der Waals surface area contributed by atoms with Crippen LogP contribution < -0.4 is 0 Å². The highest BCUT2D eigenvalue weighted by atomic mass is 16.6. The van der Waals surface area contributed by atoms with Gasteiger partial charge in [0, 0.05) is 5.56 Å². The van der Waals surface area contributed by atoms with E-state index in [4.69, 9.17) is 52.1 Å². The molecule has 0 atom stereocenters. The summed E-state index contributed by atoms with van der Waals surface area (Å²) in [7, 11) is 0. The minimum absolute atomic E-state index is 0.00161. The summed E-state index contributed by atoms with van der Waals surface area (Å²) in [4.78, 5) is 23.6. The van der Waals surface area contributed by atoms with Crippen LogP contribution in [-0.2, 0) is 56.9 Å². The number of carbonyl (C=O) groups is 2. The van der Waals surface area contributed by atoms with Crippen LogP contribution in [0.1, 0.15) is 10.4 Å². The highest BCUT2D eigenvalue weighted by Crippen LogP contribution is 2.01. The van der Waals surface area contributed by atoms with Gasteiger partial charge in [0.15, 0.2) is 0 Å². The van der Waals surface area contributed by atoms with E-state index in [0.717, 1.165) is 0 Å². The Kier molecular flexibility index (Phi) is 29.0. The maximum absolute atomic E-state index is 11.9. The quantitative estimate of drug-likeness (QED) is 0.0360. The molecule has 13 nitrogen and oxygen atoms in total. The summed E-state index contributed by atoms with van der Waals surface area (Å²) in [5.74, 6) is -1.57. The molecule has 0 bridgehead atoms. The van der Waals surface area contributed by atoms with Crippen molar-refractivity contribution in [3.8, 4) is 0 Å². The third-order valence-electron chi connectivity index (χ3n) is 5.27. The van der Waals surface area contributed by atoms with Gasteiger partial charge in [-0.05, 0) is 0 Å². The molecule has 0 aliphatic heterocycles. The zero-order valence-corrected chi connectivity index (χ0v) is 25.8. The van der Waals surface area contributed by atoms with Gasteiger partial charge in [0.1, 0.15) is 6.61 Å². The van der Waals surface area contributed by atoms with Crippen molar-refractivity contribution in [2.75, 3.05) is 139 Å². The molecule has 0 heterocycles. The molecule has 0 aromatic heterocycles. The molecule has 44 heavy (non-hydrogen) atoms. The number of benzene rings is 1. The lowest BCUT2D eigenvalue weighted by Gasteiger charge is -2.09. The Hall–Kier alpha value is -2.30. The van der Waals surface area contributed by atoms with Gasteiger partial charge in [-0.15, -0.1) is 6.58 Å². The van der Waals surface area contributed by atoms with Crippen LogP contribution in [0.4, 0.5) is 0 Å². The fourth-order valence-electron chi connectivity index (χ4n) is 3.11. The van der Waals surface area contributed by atoms with Crippen LogP contribution in [-0.4, -0.2) is 150 Å². The van der Waals surface area contributed by atoms with Gasteiger partial charge in [-0.1, -0.05) is 36.4 Å². The summed E-state index contributed by atoms with van der Waals surface area (Å²) in [6.07, 6.45) is 1.70. The average molecular weight is 631 g/mol. The zero-order valence-electron chi connectivity index (χ0n) is 25.8. The number of ether oxygens (including phenoxy) is 11. The van der Waals surface area contributed by atoms with E-state index in [9.17, 15) is 9.59 Å². The number of ketones is 1. The minimum atomic E-state index is -0.897. The summed E-state index contributed by atoms with van der Waals surface area (Å²) < 4.78 is 58.8. The molecule has 0 spiro atoms. The molecule has 0 aliphatic carbocycles. The van der Waals surface area contributed by atoms with Crippen molar-refractivity contribution in [3.05, 3.63) is 48.6 Å². The Morgan fingerprint density at radius 2 is 0.750 bits per heavy atom. The molecule has 1 rings (SSSR count). The van der Waals surface area contributed by atoms with Crippen LogP contribution in [0.3, 0.4) is 0 Å². The lowest BCUT2D eigenvalue weighted by atomic mass is 10.1. The van der Waals surface area contributed by atoms with E-state index in [1.165, 1.54) is 0 Å². The Bertz CT molecular complexity index is 794. The van der Waals surface area contributed by atoms with E-state index in [0.29, 0.717) is 131 Å². The van der Waals surface area contributed by atoms with Crippen LogP contribution in [0.2, 0.25) is 0 Å². The molecular weight excluding hydrogens is 580 g/mol. The Labute approximate surface area is 260 Å². The maximum atomic E-state index is 11.9. The molecular formula is C31H50O13. The molecule has 0 N–H and O–H groups in total. The van der Waals surface area contributed by atoms with Crippen LogP contribution >= 0.6 is 0 Å². The summed E-state index contributed by atoms with van der Waals surface area (Å²) in [5.41, 5.74) is 0.296. The predicted octanol–water partition coefficient (Wildman–Crippen LogP) is 1.76. The Morgan fingerprint density at radius 1 is 0.455 bits per heavy atom. The average Bonchev–Trinajstić information content (AvgIpc) is 3.05. The molecule has 0 unspecified atom stereocenters. The van der Waals surface area contributed by atoms with Crippen LogP contribution in [0.25, 0.3) is 0 Å². The second-order valence-electron chi connectivity index (χ2n) is 8.71. The molecule has 0 radical (unpaired) electrons. The van der Waals surface area contributed by atoms with Gasteiger partial charge < -0.3 is 52.1 Å². The van der Waals surface area contributed by atoms with Crippen molar-refractivity contribution in [2.45, 2.75) is 0 Å². The van der Waals surface area contributed by atoms with Crippen molar-refractivity contribution in [1.82, 2.24) is 0 Å². The van der Waals surface area contributed by atoms with Gasteiger partial charge in [0.05, 0.1) is 132 Å². The first-order valence-electron chi connectivity index (χ1n) is 14.9. The van der Waals surface area contributed by atoms with E-state index in [2.05, 4.69) is 6.58 Å². The van der Waals surface area contributed by atoms with Gasteiger partial charge >= 0.3 is 5.97 Å². The van der Waals surface area contributed by atoms with Crippen molar-refractivity contribution in [3.63, 3.8) is 0 Å². The number of esters is 1. The highest BCUT2D eigenvalue weighted by Gasteiger charge is 2.17. The largest absolute Gasteiger partial charge is 0.457 e. The Morgan fingerprint density at radius 3 is 1.07 bits per heavy atom. The topological polar surface area (TPSA) is 136 Å². The van der Waals surface area contributed by atoms with Gasteiger partial charge in [-0.2, -0.15) is 0 Å². The maximum Gasteiger partial charge on any atom is 0.379 e. The molecule has 0 aliphatic rings. The number of hydrogen-bond acceptors (Lipinski definition) is 13. The second kappa shape index (κ2) is 32.1. The lowest BCUT2D eigenvalue weighted by molar-refractivity contribution is -0.139. The van der Waals surface area contributed by atoms with E-state index in [1.807, 2.05) is 0 Å². The third-order valence-corrected chi connectivity index (χ3v) is 5.27. The fraction of sp³-hybridized carbons (Fsp3) is 0.677. The van der Waals surface area contributed by atoms with Gasteiger partial charge in [0.25, 0.3) is 5.78 Å². The summed E-state index contributed by atoms with van der Waals surface area (Å²) in [6, 6.07) is 8.26.